The Kier molecular flexibility index (Phi) is 9.06. The predicted molar refractivity (Wildman–Crippen MR) is 162 cm³/mol. The van der Waals surface area contributed by atoms with Gasteiger partial charge in [0.1, 0.15) is 18.2 Å². The van der Waals surface area contributed by atoms with E-state index in [4.69, 9.17) is 18.9 Å². The molecule has 0 radical (unpaired) electrons. The smallest absolute Gasteiger partial charge is 0.338 e. The van der Waals surface area contributed by atoms with Gasteiger partial charge in [-0.2, -0.15) is 0 Å². The van der Waals surface area contributed by atoms with E-state index in [2.05, 4.69) is 4.99 Å². The van der Waals surface area contributed by atoms with E-state index in [1.807, 2.05) is 25.1 Å². The Bertz CT molecular complexity index is 1840. The van der Waals surface area contributed by atoms with E-state index >= 15 is 0 Å². The van der Waals surface area contributed by atoms with Gasteiger partial charge >= 0.3 is 5.97 Å². The summed E-state index contributed by atoms with van der Waals surface area (Å²) in [6.07, 6.45) is 1.77. The molecule has 1 unspecified atom stereocenters. The summed E-state index contributed by atoms with van der Waals surface area (Å²) < 4.78 is 37.7. The SMILES string of the molecule is CCOC(=O)C1=C(C)N=c2s/c(=C\c3ccc(OCc4ccc(F)cc4)c(OCC)c3)c(=O)n2C1c1ccc(OC)cc1. The second-order valence-electron chi connectivity index (χ2n) is 9.63. The van der Waals surface area contributed by atoms with Crippen LogP contribution in [0.25, 0.3) is 6.08 Å². The lowest BCUT2D eigenvalue weighted by molar-refractivity contribution is -0.139. The molecule has 5 rings (SSSR count). The lowest BCUT2D eigenvalue weighted by atomic mass is 9.96. The van der Waals surface area contributed by atoms with Crippen LogP contribution in [0.2, 0.25) is 0 Å². The number of nitrogens with zero attached hydrogens (tertiary/aromatic N) is 2. The van der Waals surface area contributed by atoms with Crippen LogP contribution in [-0.4, -0.2) is 30.9 Å². The normalized spacial score (nSPS) is 14.6. The first-order valence-electron chi connectivity index (χ1n) is 13.8. The molecule has 0 bridgehead atoms. The average Bonchev–Trinajstić information content (AvgIpc) is 3.31. The summed E-state index contributed by atoms with van der Waals surface area (Å²) in [5, 5.41) is 0. The monoisotopic (exact) mass is 602 g/mol. The highest BCUT2D eigenvalue weighted by molar-refractivity contribution is 7.07. The Morgan fingerprint density at radius 3 is 2.42 bits per heavy atom. The number of hydrogen-bond donors (Lipinski definition) is 0. The van der Waals surface area contributed by atoms with Gasteiger partial charge < -0.3 is 18.9 Å². The summed E-state index contributed by atoms with van der Waals surface area (Å²) in [6.45, 7) is 6.21. The molecule has 1 atom stereocenters. The van der Waals surface area contributed by atoms with Crippen LogP contribution < -0.4 is 29.1 Å². The number of ether oxygens (including phenoxy) is 4. The Hall–Kier alpha value is -4.70. The Labute approximate surface area is 252 Å². The largest absolute Gasteiger partial charge is 0.497 e. The highest BCUT2D eigenvalue weighted by Crippen LogP contribution is 2.32. The molecule has 0 saturated heterocycles. The predicted octanol–water partition coefficient (Wildman–Crippen LogP) is 4.92. The minimum absolute atomic E-state index is 0.196. The van der Waals surface area contributed by atoms with Crippen LogP contribution in [-0.2, 0) is 16.1 Å². The molecule has 43 heavy (non-hydrogen) atoms. The lowest BCUT2D eigenvalue weighted by Crippen LogP contribution is -2.39. The van der Waals surface area contributed by atoms with Crippen LogP contribution in [0.5, 0.6) is 17.2 Å². The molecule has 0 N–H and O–H groups in total. The fourth-order valence-corrected chi connectivity index (χ4v) is 5.83. The zero-order chi connectivity index (χ0) is 30.5. The number of allylic oxidation sites excluding steroid dienone is 1. The van der Waals surface area contributed by atoms with E-state index in [0.29, 0.717) is 44.5 Å². The number of hydrogen-bond acceptors (Lipinski definition) is 8. The van der Waals surface area contributed by atoms with Crippen molar-refractivity contribution in [1.29, 1.82) is 0 Å². The molecule has 3 aromatic carbocycles. The molecule has 0 amide bonds. The molecule has 0 saturated carbocycles. The van der Waals surface area contributed by atoms with Gasteiger partial charge in [0.25, 0.3) is 5.56 Å². The van der Waals surface area contributed by atoms with Crippen molar-refractivity contribution in [2.75, 3.05) is 20.3 Å². The number of benzene rings is 3. The minimum atomic E-state index is -0.718. The molecule has 222 valence electrons. The number of aromatic nitrogens is 1. The number of carbonyl (C=O) groups is 1. The molecule has 2 heterocycles. The molecule has 8 nitrogen and oxygen atoms in total. The van der Waals surface area contributed by atoms with Crippen molar-refractivity contribution >= 4 is 23.4 Å². The molecular weight excluding hydrogens is 571 g/mol. The molecule has 1 aliphatic heterocycles. The number of fused-ring (bicyclic) bond motifs is 1. The van der Waals surface area contributed by atoms with Crippen LogP contribution in [0.1, 0.15) is 43.5 Å². The summed E-state index contributed by atoms with van der Waals surface area (Å²) in [5.41, 5.74) is 2.80. The van der Waals surface area contributed by atoms with Crippen LogP contribution in [0.3, 0.4) is 0 Å². The maximum absolute atomic E-state index is 13.9. The van der Waals surface area contributed by atoms with Gasteiger partial charge in [0, 0.05) is 0 Å². The first kappa shape index (κ1) is 29.8. The molecule has 0 spiro atoms. The fraction of sp³-hybridized carbons (Fsp3) is 0.242. The van der Waals surface area contributed by atoms with Gasteiger partial charge in [-0.05, 0) is 79.9 Å². The number of carbonyl (C=O) groups excluding carboxylic acids is 1. The number of thiazole rings is 1. The molecular formula is C33H31FN2O6S. The number of rotatable bonds is 10. The topological polar surface area (TPSA) is 88.4 Å². The Morgan fingerprint density at radius 2 is 1.74 bits per heavy atom. The van der Waals surface area contributed by atoms with Crippen molar-refractivity contribution in [1.82, 2.24) is 4.57 Å². The van der Waals surface area contributed by atoms with Gasteiger partial charge in [-0.1, -0.05) is 41.7 Å². The second kappa shape index (κ2) is 13.1. The van der Waals surface area contributed by atoms with Crippen molar-refractivity contribution in [3.8, 4) is 17.2 Å². The zero-order valence-corrected chi connectivity index (χ0v) is 25.1. The van der Waals surface area contributed by atoms with E-state index < -0.39 is 12.0 Å². The maximum atomic E-state index is 13.9. The maximum Gasteiger partial charge on any atom is 0.338 e. The molecule has 1 aromatic heterocycles. The summed E-state index contributed by atoms with van der Waals surface area (Å²) in [7, 11) is 1.58. The highest BCUT2D eigenvalue weighted by Gasteiger charge is 2.33. The van der Waals surface area contributed by atoms with Crippen LogP contribution in [0, 0.1) is 5.82 Å². The minimum Gasteiger partial charge on any atom is -0.497 e. The standard InChI is InChI=1S/C33H31FN2O6S/c1-5-40-27-17-22(9-16-26(27)42-19-21-7-12-24(34)13-8-21)18-28-31(37)36-30(23-10-14-25(39-4)15-11-23)29(32(38)41-6-2)20(3)35-33(36)43-28/h7-18,30H,5-6,19H2,1-4H3/b28-18-. The van der Waals surface area contributed by atoms with Crippen LogP contribution in [0.15, 0.2) is 87.8 Å². The summed E-state index contributed by atoms with van der Waals surface area (Å²) in [6, 6.07) is 18.0. The summed E-state index contributed by atoms with van der Waals surface area (Å²) in [5.74, 6) is 0.874. The van der Waals surface area contributed by atoms with E-state index in [9.17, 15) is 14.0 Å². The molecule has 0 aliphatic carbocycles. The fourth-order valence-electron chi connectivity index (χ4n) is 4.79. The van der Waals surface area contributed by atoms with Crippen molar-refractivity contribution in [2.24, 2.45) is 4.99 Å². The van der Waals surface area contributed by atoms with Crippen molar-refractivity contribution < 1.29 is 28.1 Å². The third kappa shape index (κ3) is 6.39. The first-order chi connectivity index (χ1) is 20.8. The van der Waals surface area contributed by atoms with Crippen LogP contribution >= 0.6 is 11.3 Å². The van der Waals surface area contributed by atoms with Crippen molar-refractivity contribution in [2.45, 2.75) is 33.4 Å². The van der Waals surface area contributed by atoms with E-state index in [0.717, 1.165) is 16.7 Å². The van der Waals surface area contributed by atoms with E-state index in [1.165, 1.54) is 23.5 Å². The lowest BCUT2D eigenvalue weighted by Gasteiger charge is -2.24. The van der Waals surface area contributed by atoms with E-state index in [-0.39, 0.29) is 24.6 Å². The third-order valence-corrected chi connectivity index (χ3v) is 7.80. The van der Waals surface area contributed by atoms with Crippen molar-refractivity contribution in [3.05, 3.63) is 120 Å². The van der Waals surface area contributed by atoms with Gasteiger partial charge in [-0.25, -0.2) is 14.2 Å². The third-order valence-electron chi connectivity index (χ3n) is 6.82. The second-order valence-corrected chi connectivity index (χ2v) is 10.6. The quantitative estimate of drug-likeness (QED) is 0.240. The Balaban J connectivity index is 1.54. The average molecular weight is 603 g/mol. The van der Waals surface area contributed by atoms with Crippen LogP contribution in [0.4, 0.5) is 4.39 Å². The van der Waals surface area contributed by atoms with Gasteiger partial charge in [0.15, 0.2) is 16.3 Å². The van der Waals surface area contributed by atoms with Gasteiger partial charge in [0.2, 0.25) is 0 Å². The summed E-state index contributed by atoms with van der Waals surface area (Å²) >= 11 is 1.24. The van der Waals surface area contributed by atoms with Crippen molar-refractivity contribution in [3.63, 3.8) is 0 Å². The van der Waals surface area contributed by atoms with Gasteiger partial charge in [0.05, 0.1) is 42.2 Å². The molecule has 0 fully saturated rings. The molecule has 4 aromatic rings. The molecule has 1 aliphatic rings. The Morgan fingerprint density at radius 1 is 1.00 bits per heavy atom. The molecule has 10 heteroatoms. The highest BCUT2D eigenvalue weighted by atomic mass is 32.1. The number of esters is 1. The number of halogens is 1. The number of methoxy groups -OCH3 is 1. The van der Waals surface area contributed by atoms with Gasteiger partial charge in [-0.3, -0.25) is 9.36 Å². The zero-order valence-electron chi connectivity index (χ0n) is 24.3. The summed E-state index contributed by atoms with van der Waals surface area (Å²) in [4.78, 5) is 32.1. The first-order valence-corrected chi connectivity index (χ1v) is 14.6. The van der Waals surface area contributed by atoms with E-state index in [1.54, 1.807) is 68.0 Å². The van der Waals surface area contributed by atoms with Gasteiger partial charge in [-0.15, -0.1) is 0 Å².